The van der Waals surface area contributed by atoms with Crippen LogP contribution in [0, 0.1) is 13.8 Å². The van der Waals surface area contributed by atoms with Crippen molar-refractivity contribution >= 4 is 45.7 Å². The van der Waals surface area contributed by atoms with Gasteiger partial charge in [0, 0.05) is 0 Å². The summed E-state index contributed by atoms with van der Waals surface area (Å²) in [7, 11) is 0. The standard InChI is InChI=1S/C12H10N6Se/c1-5-3-6(2)15-11-7(5)8-9(19-11)10-16-12(13)17-18(10)4-14-8/h3-4H,1-2H3,(H2,13,17). The van der Waals surface area contributed by atoms with Crippen molar-refractivity contribution in [2.45, 2.75) is 13.8 Å². The summed E-state index contributed by atoms with van der Waals surface area (Å²) in [4.78, 5) is 13.5. The summed E-state index contributed by atoms with van der Waals surface area (Å²) in [5, 5.41) is 5.26. The molecule has 4 heterocycles. The van der Waals surface area contributed by atoms with E-state index in [0.29, 0.717) is 0 Å². The molecular formula is C12H10N6Se. The summed E-state index contributed by atoms with van der Waals surface area (Å²) >= 11 is 0.108. The zero-order valence-corrected chi connectivity index (χ0v) is 12.1. The molecule has 0 atom stereocenters. The summed E-state index contributed by atoms with van der Waals surface area (Å²) in [6.07, 6.45) is 1.67. The van der Waals surface area contributed by atoms with E-state index in [4.69, 9.17) is 5.73 Å². The van der Waals surface area contributed by atoms with Gasteiger partial charge in [0.1, 0.15) is 0 Å². The molecule has 19 heavy (non-hydrogen) atoms. The van der Waals surface area contributed by atoms with E-state index in [0.717, 1.165) is 30.9 Å². The van der Waals surface area contributed by atoms with Crippen molar-refractivity contribution in [3.05, 3.63) is 23.7 Å². The normalized spacial score (nSPS) is 11.9. The average Bonchev–Trinajstić information content (AvgIpc) is 2.87. The Bertz CT molecular complexity index is 951. The van der Waals surface area contributed by atoms with E-state index < -0.39 is 0 Å². The number of aryl methyl sites for hydroxylation is 2. The van der Waals surface area contributed by atoms with Crippen LogP contribution < -0.4 is 5.73 Å². The monoisotopic (exact) mass is 318 g/mol. The van der Waals surface area contributed by atoms with Crippen LogP contribution in [0.5, 0.6) is 0 Å². The number of rotatable bonds is 0. The third kappa shape index (κ3) is 1.42. The van der Waals surface area contributed by atoms with Gasteiger partial charge in [0.05, 0.1) is 0 Å². The fourth-order valence-corrected chi connectivity index (χ4v) is 4.95. The van der Waals surface area contributed by atoms with Crippen LogP contribution in [0.1, 0.15) is 11.3 Å². The summed E-state index contributed by atoms with van der Waals surface area (Å²) in [5.74, 6) is 0.280. The number of hydrogen-bond donors (Lipinski definition) is 1. The first-order chi connectivity index (χ1) is 9.13. The second-order valence-corrected chi connectivity index (χ2v) is 6.62. The fraction of sp³-hybridized carbons (Fsp3) is 0.167. The van der Waals surface area contributed by atoms with E-state index in [1.165, 1.54) is 5.56 Å². The zero-order valence-electron chi connectivity index (χ0n) is 10.4. The molecule has 4 aromatic heterocycles. The van der Waals surface area contributed by atoms with Gasteiger partial charge in [-0.2, -0.15) is 0 Å². The molecule has 0 bridgehead atoms. The molecule has 0 unspecified atom stereocenters. The van der Waals surface area contributed by atoms with Crippen LogP contribution in [0.15, 0.2) is 12.4 Å². The molecule has 2 N–H and O–H groups in total. The van der Waals surface area contributed by atoms with Crippen molar-refractivity contribution in [1.29, 1.82) is 0 Å². The third-order valence-corrected chi connectivity index (χ3v) is 5.35. The minimum atomic E-state index is 0.108. The van der Waals surface area contributed by atoms with E-state index >= 15 is 0 Å². The van der Waals surface area contributed by atoms with Gasteiger partial charge in [-0.25, -0.2) is 0 Å². The first kappa shape index (κ1) is 10.9. The minimum absolute atomic E-state index is 0.108. The molecule has 0 spiro atoms. The van der Waals surface area contributed by atoms with Crippen LogP contribution >= 0.6 is 0 Å². The molecule has 7 heteroatoms. The van der Waals surface area contributed by atoms with Crippen molar-refractivity contribution < 1.29 is 0 Å². The van der Waals surface area contributed by atoms with Crippen LogP contribution in [0.25, 0.3) is 25.2 Å². The van der Waals surface area contributed by atoms with Gasteiger partial charge >= 0.3 is 113 Å². The molecule has 0 radical (unpaired) electrons. The third-order valence-electron chi connectivity index (χ3n) is 3.11. The van der Waals surface area contributed by atoms with Crippen LogP contribution in [0.2, 0.25) is 0 Å². The van der Waals surface area contributed by atoms with E-state index in [-0.39, 0.29) is 20.5 Å². The average molecular weight is 317 g/mol. The quantitative estimate of drug-likeness (QED) is 0.491. The molecular weight excluding hydrogens is 307 g/mol. The van der Waals surface area contributed by atoms with Crippen LogP contribution in [0.3, 0.4) is 0 Å². The fourth-order valence-electron chi connectivity index (χ4n) is 2.39. The van der Waals surface area contributed by atoms with Crippen molar-refractivity contribution in [2.24, 2.45) is 0 Å². The molecule has 0 aliphatic carbocycles. The molecule has 6 nitrogen and oxygen atoms in total. The number of fused-ring (bicyclic) bond motifs is 5. The Hall–Kier alpha value is -1.98. The number of nitrogens with zero attached hydrogens (tertiary/aromatic N) is 5. The van der Waals surface area contributed by atoms with E-state index in [1.807, 2.05) is 6.92 Å². The van der Waals surface area contributed by atoms with Gasteiger partial charge in [0.15, 0.2) is 0 Å². The SMILES string of the molecule is Cc1cc(C)c2c(n1)[se]c1c2ncn2nc(N)nc12. The number of pyridine rings is 1. The molecule has 0 amide bonds. The Morgan fingerprint density at radius 1 is 1.26 bits per heavy atom. The van der Waals surface area contributed by atoms with Gasteiger partial charge in [-0.3, -0.25) is 0 Å². The van der Waals surface area contributed by atoms with Crippen molar-refractivity contribution in [1.82, 2.24) is 24.6 Å². The Morgan fingerprint density at radius 3 is 2.95 bits per heavy atom. The first-order valence-electron chi connectivity index (χ1n) is 5.81. The Morgan fingerprint density at radius 2 is 2.11 bits per heavy atom. The zero-order chi connectivity index (χ0) is 13.1. The Kier molecular flexibility index (Phi) is 2.02. The van der Waals surface area contributed by atoms with Crippen molar-refractivity contribution in [2.75, 3.05) is 5.73 Å². The molecule has 0 saturated heterocycles. The van der Waals surface area contributed by atoms with Gasteiger partial charge in [-0.15, -0.1) is 0 Å². The van der Waals surface area contributed by atoms with E-state index in [9.17, 15) is 0 Å². The number of aromatic nitrogens is 5. The number of hydrogen-bond acceptors (Lipinski definition) is 5. The Balaban J connectivity index is 2.30. The predicted octanol–water partition coefficient (Wildman–Crippen LogP) is 1.08. The molecule has 4 rings (SSSR count). The van der Waals surface area contributed by atoms with E-state index in [2.05, 4.69) is 33.0 Å². The molecule has 0 aliphatic rings. The van der Waals surface area contributed by atoms with E-state index in [1.54, 1.807) is 10.8 Å². The van der Waals surface area contributed by atoms with Gasteiger partial charge in [0.2, 0.25) is 0 Å². The van der Waals surface area contributed by atoms with Gasteiger partial charge in [-0.1, -0.05) is 0 Å². The molecule has 94 valence electrons. The summed E-state index contributed by atoms with van der Waals surface area (Å²) in [6, 6.07) is 2.09. The second-order valence-electron chi connectivity index (χ2n) is 4.52. The number of anilines is 1. The predicted molar refractivity (Wildman–Crippen MR) is 74.4 cm³/mol. The summed E-state index contributed by atoms with van der Waals surface area (Å²) in [5.41, 5.74) is 9.71. The van der Waals surface area contributed by atoms with Gasteiger partial charge in [-0.05, 0) is 0 Å². The summed E-state index contributed by atoms with van der Waals surface area (Å²) < 4.78 is 3.89. The molecule has 0 fully saturated rings. The number of nitrogens with two attached hydrogens (primary N) is 1. The van der Waals surface area contributed by atoms with Gasteiger partial charge in [0.25, 0.3) is 0 Å². The van der Waals surface area contributed by atoms with Gasteiger partial charge < -0.3 is 0 Å². The van der Waals surface area contributed by atoms with Crippen LogP contribution in [0.4, 0.5) is 5.95 Å². The van der Waals surface area contributed by atoms with Crippen molar-refractivity contribution in [3.63, 3.8) is 0 Å². The molecule has 0 aromatic carbocycles. The Labute approximate surface area is 114 Å². The van der Waals surface area contributed by atoms with Crippen LogP contribution in [-0.4, -0.2) is 39.1 Å². The number of nitrogen functional groups attached to an aromatic ring is 1. The second kappa shape index (κ2) is 3.52. The maximum absolute atomic E-state index is 5.66. The topological polar surface area (TPSA) is 82.0 Å². The van der Waals surface area contributed by atoms with Crippen LogP contribution in [-0.2, 0) is 0 Å². The molecule has 4 aromatic rings. The molecule has 0 aliphatic heterocycles. The van der Waals surface area contributed by atoms with Crippen molar-refractivity contribution in [3.8, 4) is 0 Å². The molecule has 0 saturated carbocycles. The summed E-state index contributed by atoms with van der Waals surface area (Å²) in [6.45, 7) is 4.12. The first-order valence-corrected chi connectivity index (χ1v) is 7.52. The maximum atomic E-state index is 5.66.